The van der Waals surface area contributed by atoms with Gasteiger partial charge >= 0.3 is 6.09 Å². The molecule has 0 aliphatic carbocycles. The molecule has 0 fully saturated rings. The molecule has 0 spiro atoms. The molecular weight excluding hydrogens is 418 g/mol. The zero-order chi connectivity index (χ0) is 23.4. The standard InChI is InChI=1S/C26H23N3O4/c1-26(2,3)33-25(31)29(23(30)20-15-10-16-27-17-20)24-21(18-11-6-4-7-12-18)28-22(32-24)19-13-8-5-9-14-19/h4-17H,1-3H3. The lowest BCUT2D eigenvalue weighted by molar-refractivity contribution is 0.0558. The Morgan fingerprint density at radius 3 is 2.09 bits per heavy atom. The van der Waals surface area contributed by atoms with Crippen molar-refractivity contribution in [3.8, 4) is 22.7 Å². The number of hydrogen-bond donors (Lipinski definition) is 0. The molecule has 0 saturated heterocycles. The third-order valence-electron chi connectivity index (χ3n) is 4.57. The maximum atomic E-state index is 13.5. The number of aromatic nitrogens is 2. The first-order chi connectivity index (χ1) is 15.8. The number of carbonyl (C=O) groups is 2. The van der Waals surface area contributed by atoms with Gasteiger partial charge in [0.2, 0.25) is 11.8 Å². The minimum Gasteiger partial charge on any atom is -0.443 e. The van der Waals surface area contributed by atoms with E-state index < -0.39 is 17.6 Å². The second-order valence-electron chi connectivity index (χ2n) is 8.27. The Labute approximate surface area is 191 Å². The number of hydrogen-bond acceptors (Lipinski definition) is 6. The summed E-state index contributed by atoms with van der Waals surface area (Å²) in [6.45, 7) is 5.18. The number of anilines is 1. The van der Waals surface area contributed by atoms with Gasteiger partial charge in [0.25, 0.3) is 5.91 Å². The van der Waals surface area contributed by atoms with E-state index in [0.717, 1.165) is 4.90 Å². The lowest BCUT2D eigenvalue weighted by Crippen LogP contribution is -2.41. The van der Waals surface area contributed by atoms with Crippen molar-refractivity contribution in [2.45, 2.75) is 26.4 Å². The van der Waals surface area contributed by atoms with Crippen LogP contribution >= 0.6 is 0 Å². The summed E-state index contributed by atoms with van der Waals surface area (Å²) < 4.78 is 11.6. The number of ether oxygens (including phenoxy) is 1. The van der Waals surface area contributed by atoms with Crippen LogP contribution in [0.4, 0.5) is 10.7 Å². The van der Waals surface area contributed by atoms with Crippen LogP contribution in [0.25, 0.3) is 22.7 Å². The van der Waals surface area contributed by atoms with Gasteiger partial charge in [0.1, 0.15) is 11.3 Å². The fourth-order valence-corrected chi connectivity index (χ4v) is 3.14. The molecule has 0 radical (unpaired) electrons. The first-order valence-corrected chi connectivity index (χ1v) is 10.4. The van der Waals surface area contributed by atoms with E-state index in [1.165, 1.54) is 6.20 Å². The van der Waals surface area contributed by atoms with E-state index in [0.29, 0.717) is 16.8 Å². The molecule has 0 saturated carbocycles. The summed E-state index contributed by atoms with van der Waals surface area (Å²) in [7, 11) is 0. The Morgan fingerprint density at radius 1 is 0.879 bits per heavy atom. The molecule has 2 heterocycles. The molecular formula is C26H23N3O4. The molecule has 33 heavy (non-hydrogen) atoms. The first-order valence-electron chi connectivity index (χ1n) is 10.4. The highest BCUT2D eigenvalue weighted by Gasteiger charge is 2.35. The minimum absolute atomic E-state index is 0.0249. The molecule has 0 unspecified atom stereocenters. The molecule has 0 aliphatic rings. The van der Waals surface area contributed by atoms with E-state index in [1.807, 2.05) is 60.7 Å². The van der Waals surface area contributed by atoms with Crippen LogP contribution in [0.5, 0.6) is 0 Å². The van der Waals surface area contributed by atoms with Crippen molar-refractivity contribution in [3.05, 3.63) is 90.8 Å². The van der Waals surface area contributed by atoms with Gasteiger partial charge < -0.3 is 9.15 Å². The quantitative estimate of drug-likeness (QED) is 0.387. The Balaban J connectivity index is 1.90. The Hall–Kier alpha value is -4.26. The highest BCUT2D eigenvalue weighted by Crippen LogP contribution is 2.36. The Morgan fingerprint density at radius 2 is 1.52 bits per heavy atom. The molecule has 0 bridgehead atoms. The number of oxazole rings is 1. The van der Waals surface area contributed by atoms with Crippen molar-refractivity contribution in [3.63, 3.8) is 0 Å². The third kappa shape index (κ3) is 4.98. The van der Waals surface area contributed by atoms with Gasteiger partial charge in [0, 0.05) is 23.5 Å². The van der Waals surface area contributed by atoms with Crippen molar-refractivity contribution in [2.24, 2.45) is 0 Å². The second-order valence-corrected chi connectivity index (χ2v) is 8.27. The zero-order valence-corrected chi connectivity index (χ0v) is 18.6. The van der Waals surface area contributed by atoms with Gasteiger partial charge in [-0.15, -0.1) is 0 Å². The minimum atomic E-state index is -0.871. The number of nitrogens with zero attached hydrogens (tertiary/aromatic N) is 3. The summed E-state index contributed by atoms with van der Waals surface area (Å²) in [6.07, 6.45) is 2.06. The number of carbonyl (C=O) groups excluding carboxylic acids is 2. The predicted molar refractivity (Wildman–Crippen MR) is 125 cm³/mol. The largest absolute Gasteiger partial charge is 0.443 e. The van der Waals surface area contributed by atoms with Crippen molar-refractivity contribution in [1.82, 2.24) is 9.97 Å². The van der Waals surface area contributed by atoms with E-state index in [1.54, 1.807) is 39.1 Å². The molecule has 2 amide bonds. The summed E-state index contributed by atoms with van der Waals surface area (Å²) >= 11 is 0. The van der Waals surface area contributed by atoms with E-state index in [9.17, 15) is 9.59 Å². The van der Waals surface area contributed by atoms with Crippen molar-refractivity contribution in [2.75, 3.05) is 4.90 Å². The van der Waals surface area contributed by atoms with Crippen molar-refractivity contribution in [1.29, 1.82) is 0 Å². The van der Waals surface area contributed by atoms with Gasteiger partial charge in [-0.3, -0.25) is 9.78 Å². The van der Waals surface area contributed by atoms with Crippen LogP contribution < -0.4 is 4.90 Å². The van der Waals surface area contributed by atoms with Gasteiger partial charge in [0.05, 0.1) is 5.56 Å². The smallest absolute Gasteiger partial charge is 0.424 e. The van der Waals surface area contributed by atoms with Gasteiger partial charge in [-0.05, 0) is 45.0 Å². The summed E-state index contributed by atoms with van der Waals surface area (Å²) in [5.41, 5.74) is 1.11. The first kappa shape index (κ1) is 22.0. The van der Waals surface area contributed by atoms with E-state index in [-0.39, 0.29) is 17.3 Å². The molecule has 0 aliphatic heterocycles. The number of benzene rings is 2. The highest BCUT2D eigenvalue weighted by molar-refractivity contribution is 6.19. The molecule has 166 valence electrons. The van der Waals surface area contributed by atoms with Gasteiger partial charge in [-0.25, -0.2) is 9.78 Å². The second kappa shape index (κ2) is 9.08. The van der Waals surface area contributed by atoms with Gasteiger partial charge in [-0.1, -0.05) is 48.5 Å². The molecule has 7 nitrogen and oxygen atoms in total. The lowest BCUT2D eigenvalue weighted by Gasteiger charge is -2.25. The fourth-order valence-electron chi connectivity index (χ4n) is 3.14. The molecule has 4 rings (SSSR count). The van der Waals surface area contributed by atoms with E-state index in [4.69, 9.17) is 9.15 Å². The number of imide groups is 1. The average Bonchev–Trinajstić information content (AvgIpc) is 3.24. The molecule has 0 N–H and O–H groups in total. The van der Waals surface area contributed by atoms with Gasteiger partial charge in [-0.2, -0.15) is 4.90 Å². The van der Waals surface area contributed by atoms with Crippen molar-refractivity contribution < 1.29 is 18.7 Å². The molecule has 2 aromatic carbocycles. The molecule has 7 heteroatoms. The van der Waals surface area contributed by atoms with Crippen LogP contribution in [0.2, 0.25) is 0 Å². The molecule has 0 atom stereocenters. The summed E-state index contributed by atoms with van der Waals surface area (Å²) in [5, 5.41) is 0. The lowest BCUT2D eigenvalue weighted by atomic mass is 10.1. The van der Waals surface area contributed by atoms with E-state index >= 15 is 0 Å². The number of amides is 2. The summed E-state index contributed by atoms with van der Waals surface area (Å²) in [6, 6.07) is 21.7. The zero-order valence-electron chi connectivity index (χ0n) is 18.6. The van der Waals surface area contributed by atoms with Crippen molar-refractivity contribution >= 4 is 17.9 Å². The van der Waals surface area contributed by atoms with Crippen LogP contribution in [0, 0.1) is 0 Å². The number of pyridine rings is 1. The maximum absolute atomic E-state index is 13.5. The predicted octanol–water partition coefficient (Wildman–Crippen LogP) is 5.99. The molecule has 2 aromatic heterocycles. The van der Waals surface area contributed by atoms with Crippen LogP contribution in [-0.2, 0) is 4.74 Å². The van der Waals surface area contributed by atoms with E-state index in [2.05, 4.69) is 9.97 Å². The van der Waals surface area contributed by atoms with Crippen LogP contribution in [0.15, 0.2) is 89.6 Å². The third-order valence-corrected chi connectivity index (χ3v) is 4.57. The fraction of sp³-hybridized carbons (Fsp3) is 0.154. The highest BCUT2D eigenvalue weighted by atomic mass is 16.6. The monoisotopic (exact) mass is 441 g/mol. The molecule has 4 aromatic rings. The normalized spacial score (nSPS) is 11.1. The average molecular weight is 441 g/mol. The Kier molecular flexibility index (Phi) is 6.04. The van der Waals surface area contributed by atoms with Crippen LogP contribution in [0.3, 0.4) is 0 Å². The summed E-state index contributed by atoms with van der Waals surface area (Å²) in [5.74, 6) is -0.384. The van der Waals surface area contributed by atoms with Crippen LogP contribution in [-0.4, -0.2) is 27.6 Å². The number of rotatable bonds is 4. The summed E-state index contributed by atoms with van der Waals surface area (Å²) in [4.78, 5) is 36.3. The van der Waals surface area contributed by atoms with Gasteiger partial charge in [0.15, 0.2) is 0 Å². The maximum Gasteiger partial charge on any atom is 0.424 e. The SMILES string of the molecule is CC(C)(C)OC(=O)N(C(=O)c1cccnc1)c1oc(-c2ccccc2)nc1-c1ccccc1. The van der Waals surface area contributed by atoms with Crippen LogP contribution in [0.1, 0.15) is 31.1 Å². The Bertz CT molecular complexity index is 1250. The topological polar surface area (TPSA) is 85.5 Å².